The number of benzene rings is 2. The van der Waals surface area contributed by atoms with Crippen molar-refractivity contribution in [1.29, 1.82) is 0 Å². The van der Waals surface area contributed by atoms with E-state index in [0.717, 1.165) is 5.56 Å². The Hall–Kier alpha value is -3.80. The van der Waals surface area contributed by atoms with Crippen LogP contribution < -0.4 is 10.9 Å². The molecule has 0 spiro atoms. The molecular weight excluding hydrogens is 369 g/mol. The highest BCUT2D eigenvalue weighted by Gasteiger charge is 2.15. The van der Waals surface area contributed by atoms with Crippen LogP contribution in [0.5, 0.6) is 0 Å². The van der Waals surface area contributed by atoms with Crippen LogP contribution in [0.3, 0.4) is 0 Å². The van der Waals surface area contributed by atoms with E-state index in [1.807, 2.05) is 30.3 Å². The van der Waals surface area contributed by atoms with Crippen LogP contribution in [0.1, 0.15) is 15.9 Å². The summed E-state index contributed by atoms with van der Waals surface area (Å²) < 4.78 is 15.2. The number of fused-ring (bicyclic) bond motifs is 1. The normalized spacial score (nSPS) is 10.9. The second-order valence-electron chi connectivity index (χ2n) is 6.86. The number of rotatable bonds is 3. The molecule has 144 valence electrons. The molecular formula is C23H18FN3O2. The van der Waals surface area contributed by atoms with E-state index in [2.05, 4.69) is 10.3 Å². The zero-order valence-electron chi connectivity index (χ0n) is 15.9. The molecule has 0 unspecified atom stereocenters. The maximum atomic E-state index is 13.8. The summed E-state index contributed by atoms with van der Waals surface area (Å²) in [6.07, 6.45) is 1.56. The van der Waals surface area contributed by atoms with Crippen LogP contribution in [-0.2, 0) is 7.05 Å². The molecule has 0 saturated heterocycles. The van der Waals surface area contributed by atoms with Crippen molar-refractivity contribution in [2.24, 2.45) is 7.05 Å². The number of nitrogens with one attached hydrogen (secondary N) is 1. The number of amides is 1. The average Bonchev–Trinajstić information content (AvgIpc) is 2.71. The molecule has 1 amide bonds. The number of nitrogens with zero attached hydrogens (tertiary/aromatic N) is 2. The van der Waals surface area contributed by atoms with E-state index >= 15 is 0 Å². The molecule has 1 N–H and O–H groups in total. The van der Waals surface area contributed by atoms with E-state index in [9.17, 15) is 14.0 Å². The van der Waals surface area contributed by atoms with E-state index in [1.54, 1.807) is 38.4 Å². The summed E-state index contributed by atoms with van der Waals surface area (Å²) in [5.41, 5.74) is 3.07. The number of halogens is 1. The standard InChI is InChI=1S/C23H18FN3O2/c1-14-10-17(13-27(2)23(14)29)25-22(28)19-12-20(15-6-4-3-5-7-15)26-21-11-16(24)8-9-18(19)21/h3-13H,1-2H3,(H,25,28). The van der Waals surface area contributed by atoms with E-state index < -0.39 is 5.82 Å². The van der Waals surface area contributed by atoms with E-state index in [1.165, 1.54) is 16.7 Å². The van der Waals surface area contributed by atoms with Crippen molar-refractivity contribution in [2.45, 2.75) is 6.92 Å². The van der Waals surface area contributed by atoms with Gasteiger partial charge in [0.1, 0.15) is 5.82 Å². The Kier molecular flexibility index (Phi) is 4.68. The summed E-state index contributed by atoms with van der Waals surface area (Å²) >= 11 is 0. The SMILES string of the molecule is Cc1cc(NC(=O)c2cc(-c3ccccc3)nc3cc(F)ccc23)cn(C)c1=O. The third-order valence-corrected chi connectivity index (χ3v) is 4.71. The molecule has 0 atom stereocenters. The molecule has 0 aliphatic rings. The summed E-state index contributed by atoms with van der Waals surface area (Å²) in [5.74, 6) is -0.783. The minimum Gasteiger partial charge on any atom is -0.321 e. The van der Waals surface area contributed by atoms with Crippen molar-refractivity contribution in [3.05, 3.63) is 94.2 Å². The fourth-order valence-electron chi connectivity index (χ4n) is 3.29. The summed E-state index contributed by atoms with van der Waals surface area (Å²) in [4.78, 5) is 29.5. The first kappa shape index (κ1) is 18.6. The quantitative estimate of drug-likeness (QED) is 0.570. The summed E-state index contributed by atoms with van der Waals surface area (Å²) in [7, 11) is 1.63. The highest BCUT2D eigenvalue weighted by Crippen LogP contribution is 2.26. The first-order chi connectivity index (χ1) is 13.9. The van der Waals surface area contributed by atoms with Crippen LogP contribution in [0.2, 0.25) is 0 Å². The molecule has 6 heteroatoms. The molecule has 0 aliphatic carbocycles. The number of aryl methyl sites for hydroxylation is 2. The molecule has 2 aromatic heterocycles. The minimum atomic E-state index is -0.421. The Bertz CT molecular complexity index is 1270. The van der Waals surface area contributed by atoms with Gasteiger partial charge in [-0.05, 0) is 31.2 Å². The van der Waals surface area contributed by atoms with Crippen molar-refractivity contribution >= 4 is 22.5 Å². The van der Waals surface area contributed by atoms with Gasteiger partial charge >= 0.3 is 0 Å². The molecule has 2 heterocycles. The summed E-state index contributed by atoms with van der Waals surface area (Å²) in [5, 5.41) is 3.38. The van der Waals surface area contributed by atoms with Gasteiger partial charge in [0.05, 0.1) is 22.5 Å². The smallest absolute Gasteiger partial charge is 0.256 e. The van der Waals surface area contributed by atoms with Crippen LogP contribution in [0.4, 0.5) is 10.1 Å². The van der Waals surface area contributed by atoms with Gasteiger partial charge in [0.2, 0.25) is 0 Å². The zero-order chi connectivity index (χ0) is 20.5. The highest BCUT2D eigenvalue weighted by molar-refractivity contribution is 6.13. The number of hydrogen-bond donors (Lipinski definition) is 1. The van der Waals surface area contributed by atoms with Crippen LogP contribution in [0.25, 0.3) is 22.2 Å². The number of pyridine rings is 2. The lowest BCUT2D eigenvalue weighted by atomic mass is 10.0. The molecule has 0 fully saturated rings. The molecule has 29 heavy (non-hydrogen) atoms. The van der Waals surface area contributed by atoms with Crippen molar-refractivity contribution in [3.63, 3.8) is 0 Å². The Morgan fingerprint density at radius 3 is 2.55 bits per heavy atom. The first-order valence-corrected chi connectivity index (χ1v) is 9.07. The summed E-state index contributed by atoms with van der Waals surface area (Å²) in [6.45, 7) is 1.69. The van der Waals surface area contributed by atoms with Gasteiger partial charge < -0.3 is 9.88 Å². The molecule has 0 aliphatic heterocycles. The fourth-order valence-corrected chi connectivity index (χ4v) is 3.29. The van der Waals surface area contributed by atoms with Gasteiger partial charge in [0.15, 0.2) is 0 Å². The Labute approximate surface area is 166 Å². The molecule has 2 aromatic carbocycles. The number of carbonyl (C=O) groups excluding carboxylic acids is 1. The number of anilines is 1. The van der Waals surface area contributed by atoms with Crippen molar-refractivity contribution in [3.8, 4) is 11.3 Å². The first-order valence-electron chi connectivity index (χ1n) is 9.07. The number of hydrogen-bond acceptors (Lipinski definition) is 3. The van der Waals surface area contributed by atoms with E-state index in [0.29, 0.717) is 33.4 Å². The fraction of sp³-hybridized carbons (Fsp3) is 0.0870. The Morgan fingerprint density at radius 2 is 1.83 bits per heavy atom. The van der Waals surface area contributed by atoms with Gasteiger partial charge in [0, 0.05) is 35.8 Å². The van der Waals surface area contributed by atoms with Gasteiger partial charge in [-0.2, -0.15) is 0 Å². The second kappa shape index (κ2) is 7.31. The third-order valence-electron chi connectivity index (χ3n) is 4.71. The second-order valence-corrected chi connectivity index (χ2v) is 6.86. The lowest BCUT2D eigenvalue weighted by Gasteiger charge is -2.12. The van der Waals surface area contributed by atoms with E-state index in [-0.39, 0.29) is 11.5 Å². The third kappa shape index (κ3) is 3.65. The van der Waals surface area contributed by atoms with Crippen molar-refractivity contribution in [1.82, 2.24) is 9.55 Å². The van der Waals surface area contributed by atoms with Gasteiger partial charge in [0.25, 0.3) is 11.5 Å². The maximum Gasteiger partial charge on any atom is 0.256 e. The van der Waals surface area contributed by atoms with E-state index in [4.69, 9.17) is 0 Å². The van der Waals surface area contributed by atoms with Crippen LogP contribution >= 0.6 is 0 Å². The number of aromatic nitrogens is 2. The van der Waals surface area contributed by atoms with Crippen molar-refractivity contribution in [2.75, 3.05) is 5.32 Å². The lowest BCUT2D eigenvalue weighted by molar-refractivity contribution is 0.102. The Morgan fingerprint density at radius 1 is 1.07 bits per heavy atom. The average molecular weight is 387 g/mol. The predicted octanol–water partition coefficient (Wildman–Crippen LogP) is 4.30. The Balaban J connectivity index is 1.83. The molecule has 0 bridgehead atoms. The maximum absolute atomic E-state index is 13.8. The predicted molar refractivity (Wildman–Crippen MR) is 112 cm³/mol. The summed E-state index contributed by atoms with van der Waals surface area (Å²) in [6, 6.07) is 16.9. The topological polar surface area (TPSA) is 64.0 Å². The monoisotopic (exact) mass is 387 g/mol. The van der Waals surface area contributed by atoms with Crippen molar-refractivity contribution < 1.29 is 9.18 Å². The molecule has 0 radical (unpaired) electrons. The largest absolute Gasteiger partial charge is 0.321 e. The van der Waals surface area contributed by atoms with Crippen LogP contribution in [0.15, 0.2) is 71.7 Å². The van der Waals surface area contributed by atoms with Crippen LogP contribution in [-0.4, -0.2) is 15.5 Å². The lowest BCUT2D eigenvalue weighted by Crippen LogP contribution is -2.21. The molecule has 4 aromatic rings. The molecule has 5 nitrogen and oxygen atoms in total. The van der Waals surface area contributed by atoms with Gasteiger partial charge in [-0.1, -0.05) is 30.3 Å². The van der Waals surface area contributed by atoms with Crippen LogP contribution in [0, 0.1) is 12.7 Å². The van der Waals surface area contributed by atoms with Gasteiger partial charge in [-0.25, -0.2) is 9.37 Å². The minimum absolute atomic E-state index is 0.126. The number of carbonyl (C=O) groups is 1. The van der Waals surface area contributed by atoms with Gasteiger partial charge in [-0.3, -0.25) is 9.59 Å². The zero-order valence-corrected chi connectivity index (χ0v) is 15.9. The molecule has 0 saturated carbocycles. The highest BCUT2D eigenvalue weighted by atomic mass is 19.1. The molecule has 4 rings (SSSR count). The van der Waals surface area contributed by atoms with Gasteiger partial charge in [-0.15, -0.1) is 0 Å².